The molecule has 0 fully saturated rings. The number of hydrogen-bond donors (Lipinski definition) is 0. The molecule has 3 nitrogen and oxygen atoms in total. The predicted octanol–water partition coefficient (Wildman–Crippen LogP) is 2.75. The minimum atomic E-state index is -1.17. The minimum absolute atomic E-state index is 0.162. The first kappa shape index (κ1) is 13.0. The number of nitrogens with zero attached hydrogens (tertiary/aromatic N) is 1. The molecule has 0 bridgehead atoms. The third-order valence-electron chi connectivity index (χ3n) is 3.20. The average Bonchev–Trinajstić information content (AvgIpc) is 2.71. The number of rotatable bonds is 1. The van der Waals surface area contributed by atoms with Crippen LogP contribution in [0.25, 0.3) is 0 Å². The number of benzene rings is 2. The van der Waals surface area contributed by atoms with Crippen molar-refractivity contribution in [3.05, 3.63) is 64.7 Å². The molecule has 0 aromatic heterocycles. The average molecular weight is 283 g/mol. The van der Waals surface area contributed by atoms with Gasteiger partial charge in [0.05, 0.1) is 16.8 Å². The molecule has 2 aromatic carbocycles. The zero-order chi connectivity index (χ0) is 15.1. The summed E-state index contributed by atoms with van der Waals surface area (Å²) in [5, 5.41) is 0. The maximum Gasteiger partial charge on any atom is 0.266 e. The summed E-state index contributed by atoms with van der Waals surface area (Å²) in [6.45, 7) is 0. The third-order valence-corrected chi connectivity index (χ3v) is 3.20. The molecule has 3 rings (SSSR count). The highest BCUT2D eigenvalue weighted by Crippen LogP contribution is 2.30. The van der Waals surface area contributed by atoms with Gasteiger partial charge in [-0.2, -0.15) is 0 Å². The second kappa shape index (κ2) is 4.53. The van der Waals surface area contributed by atoms with Gasteiger partial charge < -0.3 is 0 Å². The molecule has 0 unspecified atom stereocenters. The molecular weight excluding hydrogens is 276 g/mol. The molecule has 0 aliphatic carbocycles. The number of amides is 2. The van der Waals surface area contributed by atoms with E-state index in [0.717, 1.165) is 17.0 Å². The number of anilines is 1. The zero-order valence-electron chi connectivity index (χ0n) is 10.6. The first-order valence-corrected chi connectivity index (χ1v) is 5.97. The minimum Gasteiger partial charge on any atom is -0.268 e. The van der Waals surface area contributed by atoms with Crippen molar-refractivity contribution in [3.63, 3.8) is 0 Å². The monoisotopic (exact) mass is 283 g/mol. The molecule has 2 aromatic rings. The second-order valence-corrected chi connectivity index (χ2v) is 4.45. The van der Waals surface area contributed by atoms with Crippen molar-refractivity contribution in [1.82, 2.24) is 0 Å². The van der Waals surface area contributed by atoms with E-state index in [1.165, 1.54) is 12.1 Å². The van der Waals surface area contributed by atoms with Gasteiger partial charge in [-0.05, 0) is 30.3 Å². The fraction of sp³-hybridized carbons (Fsp3) is 0. The van der Waals surface area contributed by atoms with Gasteiger partial charge in [-0.15, -0.1) is 6.42 Å². The molecule has 1 aliphatic rings. The smallest absolute Gasteiger partial charge is 0.266 e. The Hall–Kier alpha value is -3.00. The first-order valence-electron chi connectivity index (χ1n) is 5.97. The van der Waals surface area contributed by atoms with E-state index >= 15 is 0 Å². The van der Waals surface area contributed by atoms with Gasteiger partial charge in [0.1, 0.15) is 0 Å². The molecule has 1 heterocycles. The molecule has 0 saturated heterocycles. The molecule has 5 heteroatoms. The van der Waals surface area contributed by atoms with Crippen LogP contribution in [0.1, 0.15) is 26.3 Å². The lowest BCUT2D eigenvalue weighted by atomic mass is 10.1. The lowest BCUT2D eigenvalue weighted by molar-refractivity contribution is 0.0926. The van der Waals surface area contributed by atoms with E-state index in [4.69, 9.17) is 6.42 Å². The summed E-state index contributed by atoms with van der Waals surface area (Å²) >= 11 is 0. The van der Waals surface area contributed by atoms with Crippen LogP contribution in [-0.4, -0.2) is 11.8 Å². The zero-order valence-corrected chi connectivity index (χ0v) is 10.6. The number of hydrogen-bond acceptors (Lipinski definition) is 2. The molecule has 102 valence electrons. The fourth-order valence-electron chi connectivity index (χ4n) is 2.20. The van der Waals surface area contributed by atoms with Crippen LogP contribution < -0.4 is 4.90 Å². The summed E-state index contributed by atoms with van der Waals surface area (Å²) in [5.41, 5.74) is 0.425. The fourth-order valence-corrected chi connectivity index (χ4v) is 2.20. The maximum absolute atomic E-state index is 13.2. The molecular formula is C16H7F2NO2. The van der Waals surface area contributed by atoms with Crippen molar-refractivity contribution in [2.24, 2.45) is 0 Å². The van der Waals surface area contributed by atoms with Crippen molar-refractivity contribution in [1.29, 1.82) is 0 Å². The molecule has 1 aliphatic heterocycles. The summed E-state index contributed by atoms with van der Waals surface area (Å²) in [6, 6.07) is 7.70. The van der Waals surface area contributed by atoms with E-state index in [1.807, 2.05) is 0 Å². The van der Waals surface area contributed by atoms with E-state index in [2.05, 4.69) is 5.92 Å². The molecule has 21 heavy (non-hydrogen) atoms. The van der Waals surface area contributed by atoms with Crippen molar-refractivity contribution < 1.29 is 18.4 Å². The van der Waals surface area contributed by atoms with Crippen LogP contribution in [0.4, 0.5) is 14.5 Å². The molecule has 0 atom stereocenters. The molecule has 0 spiro atoms. The van der Waals surface area contributed by atoms with Gasteiger partial charge >= 0.3 is 0 Å². The Morgan fingerprint density at radius 2 is 1.52 bits per heavy atom. The van der Waals surface area contributed by atoms with Crippen LogP contribution in [-0.2, 0) is 0 Å². The summed E-state index contributed by atoms with van der Waals surface area (Å²) in [6.07, 6.45) is 5.27. The number of carbonyl (C=O) groups is 2. The summed E-state index contributed by atoms with van der Waals surface area (Å²) in [5.74, 6) is -1.36. The Bertz CT molecular complexity index is 796. The molecule has 0 N–H and O–H groups in total. The van der Waals surface area contributed by atoms with E-state index in [9.17, 15) is 18.4 Å². The summed E-state index contributed by atoms with van der Waals surface area (Å²) in [4.78, 5) is 25.3. The topological polar surface area (TPSA) is 37.4 Å². The normalized spacial score (nSPS) is 13.3. The Morgan fingerprint density at radius 1 is 0.952 bits per heavy atom. The van der Waals surface area contributed by atoms with Gasteiger partial charge in [-0.3, -0.25) is 9.59 Å². The van der Waals surface area contributed by atoms with E-state index < -0.39 is 23.4 Å². The van der Waals surface area contributed by atoms with Gasteiger partial charge in [0.15, 0.2) is 11.6 Å². The van der Waals surface area contributed by atoms with Gasteiger partial charge in [0, 0.05) is 5.56 Å². The summed E-state index contributed by atoms with van der Waals surface area (Å²) in [7, 11) is 0. The maximum atomic E-state index is 13.2. The molecule has 2 amide bonds. The highest BCUT2D eigenvalue weighted by molar-refractivity contribution is 6.34. The van der Waals surface area contributed by atoms with E-state index in [0.29, 0.717) is 5.56 Å². The van der Waals surface area contributed by atoms with Crippen LogP contribution >= 0.6 is 0 Å². The standard InChI is InChI=1S/C16H7F2NO2/c1-2-9-4-3-5-10(6-9)19-15(20)11-7-13(17)14(18)8-12(11)16(19)21/h1,3-8H. The number of carbonyl (C=O) groups excluding carboxylic acids is 2. The lowest BCUT2D eigenvalue weighted by Gasteiger charge is -2.13. The quantitative estimate of drug-likeness (QED) is 0.596. The Morgan fingerprint density at radius 3 is 2.05 bits per heavy atom. The highest BCUT2D eigenvalue weighted by atomic mass is 19.2. The largest absolute Gasteiger partial charge is 0.268 e. The number of fused-ring (bicyclic) bond motifs is 1. The molecule has 0 radical (unpaired) electrons. The Balaban J connectivity index is 2.14. The first-order chi connectivity index (χ1) is 10.0. The van der Waals surface area contributed by atoms with Gasteiger partial charge in [-0.25, -0.2) is 13.7 Å². The van der Waals surface area contributed by atoms with Crippen molar-refractivity contribution in [2.75, 3.05) is 4.90 Å². The third kappa shape index (κ3) is 1.89. The number of halogens is 2. The molecule has 0 saturated carbocycles. The van der Waals surface area contributed by atoms with Crippen molar-refractivity contribution in [2.45, 2.75) is 0 Å². The van der Waals surface area contributed by atoms with Crippen LogP contribution in [0, 0.1) is 24.0 Å². The van der Waals surface area contributed by atoms with E-state index in [1.54, 1.807) is 12.1 Å². The van der Waals surface area contributed by atoms with Crippen LogP contribution in [0.2, 0.25) is 0 Å². The Kier molecular flexibility index (Phi) is 2.80. The van der Waals surface area contributed by atoms with Crippen LogP contribution in [0.15, 0.2) is 36.4 Å². The van der Waals surface area contributed by atoms with Crippen molar-refractivity contribution >= 4 is 17.5 Å². The highest BCUT2D eigenvalue weighted by Gasteiger charge is 2.37. The van der Waals surface area contributed by atoms with Crippen LogP contribution in [0.3, 0.4) is 0 Å². The van der Waals surface area contributed by atoms with Gasteiger partial charge in [-0.1, -0.05) is 12.0 Å². The second-order valence-electron chi connectivity index (χ2n) is 4.45. The van der Waals surface area contributed by atoms with Gasteiger partial charge in [0.2, 0.25) is 0 Å². The van der Waals surface area contributed by atoms with E-state index in [-0.39, 0.29) is 16.8 Å². The number of imide groups is 1. The predicted molar refractivity (Wildman–Crippen MR) is 71.9 cm³/mol. The number of terminal acetylenes is 1. The van der Waals surface area contributed by atoms with Gasteiger partial charge in [0.25, 0.3) is 11.8 Å². The lowest BCUT2D eigenvalue weighted by Crippen LogP contribution is -2.29. The summed E-state index contributed by atoms with van der Waals surface area (Å²) < 4.78 is 26.5. The Labute approximate surface area is 118 Å². The van der Waals surface area contributed by atoms with Crippen molar-refractivity contribution in [3.8, 4) is 12.3 Å². The SMILES string of the molecule is C#Cc1cccc(N2C(=O)c3cc(F)c(F)cc3C2=O)c1. The van der Waals surface area contributed by atoms with Crippen LogP contribution in [0.5, 0.6) is 0 Å².